The molecule has 8 heteroatoms. The van der Waals surface area contributed by atoms with Crippen molar-refractivity contribution < 1.29 is 14.4 Å². The van der Waals surface area contributed by atoms with Crippen LogP contribution in [0, 0.1) is 6.92 Å². The van der Waals surface area contributed by atoms with Crippen molar-refractivity contribution in [1.82, 2.24) is 15.2 Å². The van der Waals surface area contributed by atoms with Crippen LogP contribution in [0.4, 0.5) is 0 Å². The van der Waals surface area contributed by atoms with E-state index in [1.165, 1.54) is 11.3 Å². The molecule has 1 N–H and O–H groups in total. The van der Waals surface area contributed by atoms with Gasteiger partial charge in [-0.15, -0.1) is 11.3 Å². The van der Waals surface area contributed by atoms with Crippen molar-refractivity contribution in [2.75, 3.05) is 6.54 Å². The topological polar surface area (TPSA) is 79.4 Å². The zero-order valence-corrected chi connectivity index (χ0v) is 15.4. The molecule has 3 amide bonds. The molecule has 0 saturated carbocycles. The number of imide groups is 1. The van der Waals surface area contributed by atoms with Crippen molar-refractivity contribution in [3.05, 3.63) is 49.9 Å². The third kappa shape index (κ3) is 3.11. The van der Waals surface area contributed by atoms with Gasteiger partial charge in [-0.1, -0.05) is 15.9 Å². The lowest BCUT2D eigenvalue weighted by Crippen LogP contribution is -2.41. The van der Waals surface area contributed by atoms with Gasteiger partial charge in [-0.2, -0.15) is 0 Å². The van der Waals surface area contributed by atoms with E-state index in [0.717, 1.165) is 15.6 Å². The predicted octanol–water partition coefficient (Wildman–Crippen LogP) is 2.69. The molecule has 3 rings (SSSR count). The molecular weight excluding hydrogens is 394 g/mol. The number of thiazole rings is 1. The summed E-state index contributed by atoms with van der Waals surface area (Å²) in [4.78, 5) is 42.1. The highest BCUT2D eigenvalue weighted by atomic mass is 79.9. The van der Waals surface area contributed by atoms with Gasteiger partial charge < -0.3 is 5.32 Å². The molecule has 0 spiro atoms. The second kappa shape index (κ2) is 6.45. The number of hydrogen-bond donors (Lipinski definition) is 1. The Morgan fingerprint density at radius 3 is 2.71 bits per heavy atom. The Bertz CT molecular complexity index is 849. The van der Waals surface area contributed by atoms with E-state index in [1.807, 2.05) is 19.2 Å². The lowest BCUT2D eigenvalue weighted by Gasteiger charge is -2.16. The second-order valence-corrected chi connectivity index (χ2v) is 7.44. The van der Waals surface area contributed by atoms with Crippen molar-refractivity contribution in [3.63, 3.8) is 0 Å². The summed E-state index contributed by atoms with van der Waals surface area (Å²) < 4.78 is 0.709. The van der Waals surface area contributed by atoms with Crippen LogP contribution in [0.1, 0.15) is 44.4 Å². The normalized spacial score (nSPS) is 14.7. The van der Waals surface area contributed by atoms with Gasteiger partial charge in [0.2, 0.25) is 5.91 Å². The quantitative estimate of drug-likeness (QED) is 0.790. The summed E-state index contributed by atoms with van der Waals surface area (Å²) >= 11 is 4.78. The van der Waals surface area contributed by atoms with Crippen LogP contribution >= 0.6 is 27.3 Å². The van der Waals surface area contributed by atoms with E-state index in [0.29, 0.717) is 15.6 Å². The molecule has 1 aromatic carbocycles. The molecule has 1 aliphatic heterocycles. The van der Waals surface area contributed by atoms with Gasteiger partial charge >= 0.3 is 0 Å². The molecule has 0 radical (unpaired) electrons. The number of carbonyl (C=O) groups is 3. The molecule has 2 heterocycles. The monoisotopic (exact) mass is 407 g/mol. The largest absolute Gasteiger partial charge is 0.346 e. The lowest BCUT2D eigenvalue weighted by molar-refractivity contribution is -0.122. The molecule has 1 aromatic heterocycles. The summed E-state index contributed by atoms with van der Waals surface area (Å²) in [6, 6.07) is 4.58. The first-order chi connectivity index (χ1) is 11.4. The Morgan fingerprint density at radius 1 is 1.33 bits per heavy atom. The van der Waals surface area contributed by atoms with Crippen LogP contribution in [0.2, 0.25) is 0 Å². The minimum Gasteiger partial charge on any atom is -0.346 e. The zero-order valence-electron chi connectivity index (χ0n) is 13.0. The molecule has 0 bridgehead atoms. The number of rotatable bonds is 4. The summed E-state index contributed by atoms with van der Waals surface area (Å²) in [5.74, 6) is -1.31. The number of hydrogen-bond acceptors (Lipinski definition) is 5. The molecule has 124 valence electrons. The summed E-state index contributed by atoms with van der Waals surface area (Å²) in [7, 11) is 0. The van der Waals surface area contributed by atoms with Gasteiger partial charge in [-0.25, -0.2) is 4.98 Å². The first-order valence-electron chi connectivity index (χ1n) is 7.24. The van der Waals surface area contributed by atoms with Gasteiger partial charge in [0.15, 0.2) is 0 Å². The predicted molar refractivity (Wildman–Crippen MR) is 92.9 cm³/mol. The summed E-state index contributed by atoms with van der Waals surface area (Å²) in [6.07, 6.45) is 0. The fraction of sp³-hybridized carbons (Fsp3) is 0.250. The third-order valence-corrected chi connectivity index (χ3v) is 4.98. The highest BCUT2D eigenvalue weighted by molar-refractivity contribution is 9.10. The number of amides is 3. The third-order valence-electron chi connectivity index (χ3n) is 3.69. The minimum atomic E-state index is -0.455. The fourth-order valence-corrected chi connectivity index (χ4v) is 3.56. The number of aromatic nitrogens is 1. The van der Waals surface area contributed by atoms with E-state index < -0.39 is 17.7 Å². The van der Waals surface area contributed by atoms with Crippen LogP contribution in [0.15, 0.2) is 28.1 Å². The number of aryl methyl sites for hydroxylation is 1. The maximum atomic E-state index is 12.3. The lowest BCUT2D eigenvalue weighted by atomic mass is 10.1. The molecule has 6 nitrogen and oxygen atoms in total. The average Bonchev–Trinajstić information content (AvgIpc) is 3.05. The van der Waals surface area contributed by atoms with E-state index in [2.05, 4.69) is 26.2 Å². The summed E-state index contributed by atoms with van der Waals surface area (Å²) in [6.45, 7) is 3.39. The molecule has 2 aromatic rings. The Morgan fingerprint density at radius 2 is 2.04 bits per heavy atom. The Hall–Kier alpha value is -2.06. The van der Waals surface area contributed by atoms with Crippen LogP contribution in [-0.2, 0) is 4.79 Å². The van der Waals surface area contributed by atoms with Crippen LogP contribution in [0.3, 0.4) is 0 Å². The molecule has 1 atom stereocenters. The number of fused-ring (bicyclic) bond motifs is 1. The Kier molecular flexibility index (Phi) is 4.51. The first-order valence-corrected chi connectivity index (χ1v) is 8.91. The SMILES string of the molecule is Cc1nc(C(C)NC(=O)CN2C(=O)c3ccc(Br)cc3C2=O)cs1. The molecule has 24 heavy (non-hydrogen) atoms. The van der Waals surface area contributed by atoms with Crippen molar-refractivity contribution >= 4 is 45.0 Å². The second-order valence-electron chi connectivity index (χ2n) is 5.47. The van der Waals surface area contributed by atoms with Gasteiger partial charge in [-0.05, 0) is 32.0 Å². The Labute approximate surface area is 151 Å². The zero-order chi connectivity index (χ0) is 17.4. The summed E-state index contributed by atoms with van der Waals surface area (Å²) in [5, 5.41) is 5.55. The van der Waals surface area contributed by atoms with Crippen LogP contribution < -0.4 is 5.32 Å². The Balaban J connectivity index is 1.69. The van der Waals surface area contributed by atoms with Gasteiger partial charge in [-0.3, -0.25) is 19.3 Å². The number of halogens is 1. The molecule has 0 aliphatic carbocycles. The van der Waals surface area contributed by atoms with Gasteiger partial charge in [0.05, 0.1) is 27.9 Å². The van der Waals surface area contributed by atoms with Gasteiger partial charge in [0.25, 0.3) is 11.8 Å². The highest BCUT2D eigenvalue weighted by Crippen LogP contribution is 2.26. The number of nitrogens with one attached hydrogen (secondary N) is 1. The van der Waals surface area contributed by atoms with E-state index in [9.17, 15) is 14.4 Å². The van der Waals surface area contributed by atoms with E-state index >= 15 is 0 Å². The number of nitrogens with zero attached hydrogens (tertiary/aromatic N) is 2. The number of carbonyl (C=O) groups excluding carboxylic acids is 3. The maximum absolute atomic E-state index is 12.3. The van der Waals surface area contributed by atoms with Crippen molar-refractivity contribution in [2.24, 2.45) is 0 Å². The molecule has 0 fully saturated rings. The van der Waals surface area contributed by atoms with Crippen molar-refractivity contribution in [3.8, 4) is 0 Å². The van der Waals surface area contributed by atoms with Crippen molar-refractivity contribution in [2.45, 2.75) is 19.9 Å². The van der Waals surface area contributed by atoms with Gasteiger partial charge in [0.1, 0.15) is 6.54 Å². The smallest absolute Gasteiger partial charge is 0.262 e. The minimum absolute atomic E-state index is 0.285. The van der Waals surface area contributed by atoms with Crippen molar-refractivity contribution in [1.29, 1.82) is 0 Å². The van der Waals surface area contributed by atoms with Gasteiger partial charge in [0, 0.05) is 9.85 Å². The standard InChI is InChI=1S/C16H14BrN3O3S/c1-8(13-7-24-9(2)19-13)18-14(21)6-20-15(22)11-4-3-10(17)5-12(11)16(20)23/h3-5,7-8H,6H2,1-2H3,(H,18,21). The highest BCUT2D eigenvalue weighted by Gasteiger charge is 2.36. The number of benzene rings is 1. The first kappa shape index (κ1) is 16.8. The summed E-state index contributed by atoms with van der Waals surface area (Å²) in [5.41, 5.74) is 1.39. The van der Waals surface area contributed by atoms with E-state index in [-0.39, 0.29) is 12.6 Å². The molecule has 1 aliphatic rings. The molecule has 0 saturated heterocycles. The average molecular weight is 408 g/mol. The van der Waals surface area contributed by atoms with Crippen LogP contribution in [0.25, 0.3) is 0 Å². The molecular formula is C16H14BrN3O3S. The maximum Gasteiger partial charge on any atom is 0.262 e. The van der Waals surface area contributed by atoms with Crippen LogP contribution in [0.5, 0.6) is 0 Å². The fourth-order valence-electron chi connectivity index (χ4n) is 2.49. The molecule has 1 unspecified atom stereocenters. The van der Waals surface area contributed by atoms with E-state index in [4.69, 9.17) is 0 Å². The van der Waals surface area contributed by atoms with Crippen LogP contribution in [-0.4, -0.2) is 34.2 Å². The van der Waals surface area contributed by atoms with E-state index in [1.54, 1.807) is 18.2 Å².